The van der Waals surface area contributed by atoms with Gasteiger partial charge in [0.25, 0.3) is 5.56 Å². The fourth-order valence-electron chi connectivity index (χ4n) is 3.55. The number of carbonyl (C=O) groups is 1. The molecule has 31 heavy (non-hydrogen) atoms. The highest BCUT2D eigenvalue weighted by Crippen LogP contribution is 2.22. The number of nitrogens with zero attached hydrogens (tertiary/aromatic N) is 1. The molecule has 0 aliphatic heterocycles. The average molecular weight is 428 g/mol. The van der Waals surface area contributed by atoms with E-state index in [-0.39, 0.29) is 42.8 Å². The van der Waals surface area contributed by atoms with Gasteiger partial charge in [0.2, 0.25) is 11.9 Å². The minimum absolute atomic E-state index is 0.0300. The molecule has 0 spiro atoms. The molecule has 1 aliphatic carbocycles. The molecule has 0 radical (unpaired) electrons. The van der Waals surface area contributed by atoms with Crippen LogP contribution in [0.5, 0.6) is 0 Å². The Kier molecular flexibility index (Phi) is 7.60. The second-order valence-electron chi connectivity index (χ2n) is 7.51. The van der Waals surface area contributed by atoms with Gasteiger partial charge in [-0.15, -0.1) is 0 Å². The number of benzene rings is 1. The van der Waals surface area contributed by atoms with Crippen LogP contribution in [0.25, 0.3) is 0 Å². The van der Waals surface area contributed by atoms with E-state index >= 15 is 0 Å². The highest BCUT2D eigenvalue weighted by atomic mass is 16.6. The van der Waals surface area contributed by atoms with Crippen LogP contribution >= 0.6 is 0 Å². The van der Waals surface area contributed by atoms with E-state index in [1.807, 2.05) is 0 Å². The molecule has 3 rings (SSSR count). The van der Waals surface area contributed by atoms with Crippen molar-refractivity contribution in [1.29, 1.82) is 5.41 Å². The summed E-state index contributed by atoms with van der Waals surface area (Å²) in [5.41, 5.74) is 12.1. The first-order valence-corrected chi connectivity index (χ1v) is 10.3. The first kappa shape index (κ1) is 22.3. The van der Waals surface area contributed by atoms with Gasteiger partial charge >= 0.3 is 0 Å². The zero-order valence-corrected chi connectivity index (χ0v) is 17.6. The maximum atomic E-state index is 12.2. The summed E-state index contributed by atoms with van der Waals surface area (Å²) in [5.74, 6) is -0.350. The fourth-order valence-corrected chi connectivity index (χ4v) is 3.55. The minimum Gasteiger partial charge on any atom is -0.368 e. The van der Waals surface area contributed by atoms with Crippen molar-refractivity contribution in [3.8, 4) is 0 Å². The van der Waals surface area contributed by atoms with Crippen LogP contribution in [-0.4, -0.2) is 41.5 Å². The molecule has 7 N–H and O–H groups in total. The van der Waals surface area contributed by atoms with Gasteiger partial charge in [0.1, 0.15) is 0 Å². The lowest BCUT2D eigenvalue weighted by Gasteiger charge is -2.11. The van der Waals surface area contributed by atoms with Crippen molar-refractivity contribution in [2.45, 2.75) is 39.0 Å². The zero-order chi connectivity index (χ0) is 22.2. The molecule has 10 heteroatoms. The summed E-state index contributed by atoms with van der Waals surface area (Å²) >= 11 is 0. The van der Waals surface area contributed by atoms with Crippen molar-refractivity contribution >= 4 is 17.7 Å². The molecular formula is C21H29N7O3. The number of guanidine groups is 1. The number of carbonyl (C=O) groups excluding carboxylic acids is 1. The highest BCUT2D eigenvalue weighted by molar-refractivity contribution is 5.78. The van der Waals surface area contributed by atoms with E-state index in [1.54, 1.807) is 6.92 Å². The van der Waals surface area contributed by atoms with Crippen LogP contribution in [0.2, 0.25) is 0 Å². The van der Waals surface area contributed by atoms with Crippen LogP contribution in [0.15, 0.2) is 23.0 Å². The Labute approximate surface area is 180 Å². The molecule has 10 nitrogen and oxygen atoms in total. The van der Waals surface area contributed by atoms with Gasteiger partial charge in [0, 0.05) is 18.8 Å². The summed E-state index contributed by atoms with van der Waals surface area (Å²) in [5, 5.41) is 12.7. The Morgan fingerprint density at radius 2 is 2.10 bits per heavy atom. The number of aromatic nitrogens is 2. The molecule has 1 aliphatic rings. The number of H-pyrrole nitrogens is 1. The van der Waals surface area contributed by atoms with Gasteiger partial charge in [-0.1, -0.05) is 18.2 Å². The molecule has 1 amide bonds. The van der Waals surface area contributed by atoms with E-state index in [0.29, 0.717) is 17.9 Å². The summed E-state index contributed by atoms with van der Waals surface area (Å²) in [6, 6.07) is 6.60. The van der Waals surface area contributed by atoms with Crippen LogP contribution in [-0.2, 0) is 35.3 Å². The maximum Gasteiger partial charge on any atom is 0.290 e. The van der Waals surface area contributed by atoms with E-state index in [0.717, 1.165) is 19.3 Å². The number of anilines is 1. The lowest BCUT2D eigenvalue weighted by Crippen LogP contribution is -2.35. The number of fused-ring (bicyclic) bond motifs is 1. The summed E-state index contributed by atoms with van der Waals surface area (Å²) in [7, 11) is 0. The summed E-state index contributed by atoms with van der Waals surface area (Å²) in [4.78, 5) is 36.4. The van der Waals surface area contributed by atoms with Crippen LogP contribution in [0, 0.1) is 12.3 Å². The normalized spacial score (nSPS) is 12.3. The Bertz CT molecular complexity index is 1000. The number of aryl methyl sites for hydroxylation is 3. The van der Waals surface area contributed by atoms with Gasteiger partial charge in [-0.25, -0.2) is 10.5 Å². The molecule has 0 fully saturated rings. The lowest BCUT2D eigenvalue weighted by molar-refractivity contribution is -0.120. The highest BCUT2D eigenvalue weighted by Gasteiger charge is 2.13. The topological polar surface area (TPSA) is 158 Å². The third-order valence-corrected chi connectivity index (χ3v) is 5.10. The quantitative estimate of drug-likeness (QED) is 0.138. The predicted molar refractivity (Wildman–Crippen MR) is 118 cm³/mol. The number of nitrogens with two attached hydrogens (primary N) is 1. The molecule has 1 aromatic heterocycles. The molecule has 1 aromatic carbocycles. The number of rotatable bonds is 10. The van der Waals surface area contributed by atoms with Crippen molar-refractivity contribution in [2.24, 2.45) is 5.73 Å². The van der Waals surface area contributed by atoms with Crippen molar-refractivity contribution in [2.75, 3.05) is 25.0 Å². The van der Waals surface area contributed by atoms with Gasteiger partial charge < -0.3 is 21.4 Å². The smallest absolute Gasteiger partial charge is 0.290 e. The second-order valence-corrected chi connectivity index (χ2v) is 7.51. The molecule has 0 saturated heterocycles. The number of hydroxylamine groups is 1. The summed E-state index contributed by atoms with van der Waals surface area (Å²) < 4.78 is 0. The van der Waals surface area contributed by atoms with E-state index in [1.165, 1.54) is 23.1 Å². The average Bonchev–Trinajstić information content (AvgIpc) is 3.18. The molecule has 0 atom stereocenters. The molecule has 2 aromatic rings. The molecular weight excluding hydrogens is 398 g/mol. The SMILES string of the molecule is Cc1[nH]c(=O)c(NCCc2ccc3c(c2)CCC3)nc1CC(=O)NCCONC(=N)N. The third-order valence-electron chi connectivity index (χ3n) is 5.10. The minimum atomic E-state index is -0.310. The molecule has 1 heterocycles. The van der Waals surface area contributed by atoms with E-state index in [2.05, 4.69) is 44.3 Å². The lowest BCUT2D eigenvalue weighted by atomic mass is 10.0. The van der Waals surface area contributed by atoms with Crippen LogP contribution in [0.3, 0.4) is 0 Å². The van der Waals surface area contributed by atoms with Gasteiger partial charge in [-0.05, 0) is 49.3 Å². The zero-order valence-electron chi connectivity index (χ0n) is 17.6. The van der Waals surface area contributed by atoms with Crippen molar-refractivity contribution in [3.63, 3.8) is 0 Å². The van der Waals surface area contributed by atoms with Gasteiger partial charge in [-0.3, -0.25) is 19.8 Å². The standard InChI is InChI=1S/C21H29N7O3/c1-13-17(12-18(29)24-9-10-31-28-21(22)23)27-19(20(30)26-13)25-8-7-14-5-6-15-3-2-4-16(15)11-14/h5-6,11H,2-4,7-10,12H2,1H3,(H,24,29)(H,25,27)(H,26,30)(H4,22,23,28). The maximum absolute atomic E-state index is 12.2. The summed E-state index contributed by atoms with van der Waals surface area (Å²) in [6.45, 7) is 2.68. The van der Waals surface area contributed by atoms with Crippen molar-refractivity contribution < 1.29 is 9.63 Å². The van der Waals surface area contributed by atoms with Gasteiger partial charge in [-0.2, -0.15) is 0 Å². The number of hydrogen-bond donors (Lipinski definition) is 6. The van der Waals surface area contributed by atoms with Crippen molar-refractivity contribution in [1.82, 2.24) is 20.8 Å². The third kappa shape index (κ3) is 6.54. The predicted octanol–water partition coefficient (Wildman–Crippen LogP) is 0.295. The van der Waals surface area contributed by atoms with Crippen molar-refractivity contribution in [3.05, 3.63) is 56.6 Å². The fraction of sp³-hybridized carbons (Fsp3) is 0.429. The number of hydrogen-bond acceptors (Lipinski definition) is 6. The Hall–Kier alpha value is -3.40. The summed E-state index contributed by atoms with van der Waals surface area (Å²) in [6.07, 6.45) is 4.34. The first-order valence-electron chi connectivity index (χ1n) is 10.3. The van der Waals surface area contributed by atoms with E-state index in [9.17, 15) is 9.59 Å². The van der Waals surface area contributed by atoms with Gasteiger partial charge in [0.15, 0.2) is 5.82 Å². The first-order chi connectivity index (χ1) is 14.9. The van der Waals surface area contributed by atoms with E-state index < -0.39 is 0 Å². The number of amides is 1. The molecule has 0 bridgehead atoms. The van der Waals surface area contributed by atoms with Crippen LogP contribution < -0.4 is 27.4 Å². The van der Waals surface area contributed by atoms with Crippen LogP contribution in [0.1, 0.15) is 34.5 Å². The number of aromatic amines is 1. The van der Waals surface area contributed by atoms with E-state index in [4.69, 9.17) is 16.0 Å². The molecule has 0 saturated carbocycles. The Balaban J connectivity index is 1.51. The molecule has 0 unspecified atom stereocenters. The number of nitrogens with one attached hydrogen (secondary N) is 5. The monoisotopic (exact) mass is 427 g/mol. The second kappa shape index (κ2) is 10.6. The molecule has 166 valence electrons. The van der Waals surface area contributed by atoms with Crippen LogP contribution in [0.4, 0.5) is 5.82 Å². The Morgan fingerprint density at radius 3 is 2.90 bits per heavy atom. The largest absolute Gasteiger partial charge is 0.368 e. The van der Waals surface area contributed by atoms with Gasteiger partial charge in [0.05, 0.1) is 18.7 Å². The Morgan fingerprint density at radius 1 is 1.29 bits per heavy atom.